The number of aromatic amines is 2. The summed E-state index contributed by atoms with van der Waals surface area (Å²) < 4.78 is 10.5. The second kappa shape index (κ2) is 15.4. The van der Waals surface area contributed by atoms with Crippen LogP contribution < -0.4 is 5.32 Å². The Morgan fingerprint density at radius 1 is 0.865 bits per heavy atom. The van der Waals surface area contributed by atoms with Crippen molar-refractivity contribution in [3.05, 3.63) is 72.6 Å². The summed E-state index contributed by atoms with van der Waals surface area (Å²) in [6, 6.07) is 15.6. The topological polar surface area (TPSA) is 146 Å². The average Bonchev–Trinajstić information content (AvgIpc) is 3.95. The number of methoxy groups -OCH3 is 1. The highest BCUT2D eigenvalue weighted by atomic mass is 32.2. The summed E-state index contributed by atoms with van der Waals surface area (Å²) in [5.74, 6) is 1.27. The number of alkyl carbamates (subject to hydrolysis) is 1. The number of imidazole rings is 2. The number of likely N-dealkylation sites (tertiary alicyclic amines) is 2. The van der Waals surface area contributed by atoms with Crippen molar-refractivity contribution in [1.29, 1.82) is 0 Å². The maximum Gasteiger partial charge on any atom is 0.410 e. The predicted octanol–water partition coefficient (Wildman–Crippen LogP) is 7.59. The van der Waals surface area contributed by atoms with Crippen LogP contribution in [0.5, 0.6) is 0 Å². The van der Waals surface area contributed by atoms with Crippen molar-refractivity contribution < 1.29 is 23.9 Å². The standard InChI is InChI=1S/C39H49N7O5S/c1-23(2)33(44-37(48)50-6)36(47)45-18-8-9-31(45)34-40-20-29(42-34)26-14-10-24(11-15-26)25-12-16-27(17-13-25)30-21-41-35(43-30)32-19-28(52-7)22-46(32)38(49)51-39(3,4)5/h10-17,20-21,23,28,31-33H,8-9,18-19,22H2,1-7H3,(H,40,42)(H,41,43)(H,44,48)/t28-,31-,32-,33-/m0/s1. The highest BCUT2D eigenvalue weighted by molar-refractivity contribution is 7.99. The number of hydrogen-bond acceptors (Lipinski definition) is 8. The van der Waals surface area contributed by atoms with Crippen LogP contribution in [0.1, 0.15) is 77.6 Å². The molecule has 0 radical (unpaired) electrons. The number of thioether (sulfide) groups is 1. The van der Waals surface area contributed by atoms with Gasteiger partial charge < -0.3 is 29.7 Å². The number of ether oxygens (including phenoxy) is 2. The number of nitrogens with one attached hydrogen (secondary N) is 3. The molecule has 3 amide bonds. The first kappa shape index (κ1) is 37.0. The Hall–Kier alpha value is -4.78. The molecular formula is C39H49N7O5S. The average molecular weight is 728 g/mol. The first-order chi connectivity index (χ1) is 24.8. The van der Waals surface area contributed by atoms with Crippen LogP contribution in [-0.4, -0.2) is 91.2 Å². The van der Waals surface area contributed by atoms with Gasteiger partial charge in [-0.3, -0.25) is 9.69 Å². The van der Waals surface area contributed by atoms with E-state index in [-0.39, 0.29) is 30.0 Å². The second-order valence-corrected chi connectivity index (χ2v) is 15.9. The molecule has 4 aromatic rings. The van der Waals surface area contributed by atoms with Crippen LogP contribution in [0.25, 0.3) is 33.6 Å². The molecule has 52 heavy (non-hydrogen) atoms. The van der Waals surface area contributed by atoms with E-state index < -0.39 is 17.7 Å². The molecule has 12 nitrogen and oxygen atoms in total. The molecule has 276 valence electrons. The van der Waals surface area contributed by atoms with Crippen molar-refractivity contribution in [1.82, 2.24) is 35.1 Å². The van der Waals surface area contributed by atoms with E-state index in [4.69, 9.17) is 14.5 Å². The molecule has 2 aliphatic heterocycles. The molecule has 4 heterocycles. The zero-order valence-electron chi connectivity index (χ0n) is 30.9. The van der Waals surface area contributed by atoms with Gasteiger partial charge in [0, 0.05) is 18.3 Å². The van der Waals surface area contributed by atoms with Gasteiger partial charge >= 0.3 is 12.2 Å². The third-order valence-corrected chi connectivity index (χ3v) is 10.7. The first-order valence-corrected chi connectivity index (χ1v) is 19.1. The summed E-state index contributed by atoms with van der Waals surface area (Å²) >= 11 is 1.76. The SMILES string of the molecule is COC(=O)N[C@H](C(=O)N1CCC[C@H]1c1ncc(-c2ccc(-c3ccc(-c4cnc([C@@H]5C[C@H](SC)CN5C(=O)OC(C)(C)C)[nH]4)cc3)cc2)[nH]1)C(C)C. The van der Waals surface area contributed by atoms with E-state index in [0.29, 0.717) is 18.3 Å². The smallest absolute Gasteiger partial charge is 0.410 e. The van der Waals surface area contributed by atoms with Crippen LogP contribution in [0, 0.1) is 5.92 Å². The van der Waals surface area contributed by atoms with Gasteiger partial charge in [0.2, 0.25) is 5.91 Å². The fourth-order valence-electron chi connectivity index (χ4n) is 6.93. The van der Waals surface area contributed by atoms with E-state index >= 15 is 0 Å². The van der Waals surface area contributed by atoms with Gasteiger partial charge in [0.15, 0.2) is 0 Å². The lowest BCUT2D eigenvalue weighted by atomic mass is 10.0. The van der Waals surface area contributed by atoms with E-state index in [1.54, 1.807) is 16.7 Å². The van der Waals surface area contributed by atoms with Gasteiger partial charge in [-0.1, -0.05) is 62.4 Å². The lowest BCUT2D eigenvalue weighted by molar-refractivity contribution is -0.135. The molecule has 2 aromatic carbocycles. The van der Waals surface area contributed by atoms with Gasteiger partial charge in [-0.2, -0.15) is 11.8 Å². The molecule has 2 fully saturated rings. The number of rotatable bonds is 9. The molecule has 13 heteroatoms. The summed E-state index contributed by atoms with van der Waals surface area (Å²) in [7, 11) is 1.29. The normalized spacial score (nSPS) is 19.6. The Morgan fingerprint density at radius 3 is 1.90 bits per heavy atom. The number of hydrogen-bond donors (Lipinski definition) is 3. The van der Waals surface area contributed by atoms with Gasteiger partial charge in [0.25, 0.3) is 0 Å². The third-order valence-electron chi connectivity index (χ3n) is 9.70. The number of nitrogens with zero attached hydrogens (tertiary/aromatic N) is 4. The molecule has 4 atom stereocenters. The van der Waals surface area contributed by atoms with Crippen molar-refractivity contribution in [2.24, 2.45) is 5.92 Å². The van der Waals surface area contributed by atoms with E-state index in [2.05, 4.69) is 75.1 Å². The molecule has 2 aliphatic rings. The molecule has 0 bridgehead atoms. The van der Waals surface area contributed by atoms with E-state index in [9.17, 15) is 14.4 Å². The van der Waals surface area contributed by atoms with E-state index in [0.717, 1.165) is 64.6 Å². The largest absolute Gasteiger partial charge is 0.453 e. The van der Waals surface area contributed by atoms with Crippen LogP contribution in [0.3, 0.4) is 0 Å². The molecule has 3 N–H and O–H groups in total. The molecule has 0 saturated carbocycles. The molecule has 2 saturated heterocycles. The monoisotopic (exact) mass is 727 g/mol. The van der Waals surface area contributed by atoms with Gasteiger partial charge in [0.05, 0.1) is 43.0 Å². The summed E-state index contributed by atoms with van der Waals surface area (Å²) in [6.45, 7) is 10.7. The highest BCUT2D eigenvalue weighted by Gasteiger charge is 2.40. The number of benzene rings is 2. The minimum atomic E-state index is -0.678. The first-order valence-electron chi connectivity index (χ1n) is 17.8. The summed E-state index contributed by atoms with van der Waals surface area (Å²) in [5, 5.41) is 3.02. The number of amides is 3. The zero-order chi connectivity index (χ0) is 37.2. The van der Waals surface area contributed by atoms with Crippen LogP contribution in [-0.2, 0) is 14.3 Å². The Kier molecular flexibility index (Phi) is 11.0. The van der Waals surface area contributed by atoms with Crippen molar-refractivity contribution in [3.8, 4) is 33.6 Å². The Labute approximate surface area is 309 Å². The van der Waals surface area contributed by atoms with Gasteiger partial charge in [-0.25, -0.2) is 19.6 Å². The van der Waals surface area contributed by atoms with Crippen LogP contribution in [0.4, 0.5) is 9.59 Å². The van der Waals surface area contributed by atoms with Crippen molar-refractivity contribution in [2.75, 3.05) is 26.5 Å². The maximum absolute atomic E-state index is 13.5. The zero-order valence-corrected chi connectivity index (χ0v) is 31.8. The van der Waals surface area contributed by atoms with Gasteiger partial charge in [-0.15, -0.1) is 0 Å². The quantitative estimate of drug-likeness (QED) is 0.160. The fourth-order valence-corrected chi connectivity index (χ4v) is 7.62. The van der Waals surface area contributed by atoms with Crippen molar-refractivity contribution in [2.45, 2.75) is 82.9 Å². The van der Waals surface area contributed by atoms with Crippen molar-refractivity contribution in [3.63, 3.8) is 0 Å². The Balaban J connectivity index is 1.12. The van der Waals surface area contributed by atoms with Gasteiger partial charge in [0.1, 0.15) is 23.3 Å². The molecule has 0 spiro atoms. The third kappa shape index (κ3) is 8.14. The predicted molar refractivity (Wildman–Crippen MR) is 202 cm³/mol. The number of carbonyl (C=O) groups excluding carboxylic acids is 3. The second-order valence-electron chi connectivity index (χ2n) is 14.8. The summed E-state index contributed by atoms with van der Waals surface area (Å²) in [5.41, 5.74) is 5.35. The molecule has 0 unspecified atom stereocenters. The maximum atomic E-state index is 13.5. The lowest BCUT2D eigenvalue weighted by Gasteiger charge is -2.30. The molecule has 2 aromatic heterocycles. The summed E-state index contributed by atoms with van der Waals surface area (Å²) in [4.78, 5) is 58.4. The van der Waals surface area contributed by atoms with Gasteiger partial charge in [-0.05, 0) is 74.5 Å². The van der Waals surface area contributed by atoms with Crippen LogP contribution in [0.15, 0.2) is 60.9 Å². The number of carbonyl (C=O) groups is 3. The Morgan fingerprint density at radius 2 is 1.40 bits per heavy atom. The lowest BCUT2D eigenvalue weighted by Crippen LogP contribution is -2.51. The molecule has 6 rings (SSSR count). The van der Waals surface area contributed by atoms with Crippen LogP contribution >= 0.6 is 11.8 Å². The van der Waals surface area contributed by atoms with Crippen LogP contribution in [0.2, 0.25) is 0 Å². The van der Waals surface area contributed by atoms with Crippen molar-refractivity contribution >= 4 is 29.9 Å². The molecular weight excluding hydrogens is 679 g/mol. The highest BCUT2D eigenvalue weighted by Crippen LogP contribution is 2.38. The minimum Gasteiger partial charge on any atom is -0.453 e. The number of H-pyrrole nitrogens is 2. The minimum absolute atomic E-state index is 0.0958. The van der Waals surface area contributed by atoms with E-state index in [1.165, 1.54) is 7.11 Å². The van der Waals surface area contributed by atoms with E-state index in [1.807, 2.05) is 51.9 Å². The Bertz CT molecular complexity index is 1860. The number of aromatic nitrogens is 4. The molecule has 0 aliphatic carbocycles. The fraction of sp³-hybridized carbons (Fsp3) is 0.462. The summed E-state index contributed by atoms with van der Waals surface area (Å²) in [6.07, 6.45) is 7.25.